The quantitative estimate of drug-likeness (QED) is 0.521. The molecule has 0 heterocycles. The van der Waals surface area contributed by atoms with Crippen molar-refractivity contribution >= 4 is 0 Å². The smallest absolute Gasteiger partial charge is 0.241 e. The van der Waals surface area contributed by atoms with E-state index in [4.69, 9.17) is 0 Å². The summed E-state index contributed by atoms with van der Waals surface area (Å²) < 4.78 is 84.0. The molecule has 2 unspecified atom stereocenters. The van der Waals surface area contributed by atoms with E-state index in [2.05, 4.69) is 0 Å². The summed E-state index contributed by atoms with van der Waals surface area (Å²) >= 11 is 0. The van der Waals surface area contributed by atoms with E-state index in [0.29, 0.717) is 0 Å². The van der Waals surface area contributed by atoms with Crippen LogP contribution in [-0.4, -0.2) is 30.4 Å². The maximum absolute atomic E-state index is 12.0. The van der Waals surface area contributed by atoms with Gasteiger partial charge >= 0.3 is 11.8 Å². The van der Waals surface area contributed by atoms with Gasteiger partial charge in [-0.05, 0) is 0 Å². The fourth-order valence-corrected chi connectivity index (χ4v) is 0.916. The Labute approximate surface area is 62.4 Å². The maximum Gasteiger partial charge on any atom is 0.346 e. The van der Waals surface area contributed by atoms with Gasteiger partial charge in [-0.15, -0.1) is 0 Å². The zero-order valence-electron chi connectivity index (χ0n) is 5.38. The van der Waals surface area contributed by atoms with E-state index in [1.807, 2.05) is 0 Å². The predicted octanol–water partition coefficient (Wildman–Crippen LogP) is 2.28. The molecule has 0 N–H and O–H groups in total. The van der Waals surface area contributed by atoms with Gasteiger partial charge in [-0.1, -0.05) is 0 Å². The van der Waals surface area contributed by atoms with Crippen LogP contribution in [-0.2, 0) is 0 Å². The van der Waals surface area contributed by atoms with Crippen LogP contribution in [0.1, 0.15) is 0 Å². The summed E-state index contributed by atoms with van der Waals surface area (Å²) in [6.07, 6.45) is -11.0. The van der Waals surface area contributed by atoms with Gasteiger partial charge in [0.15, 0.2) is 6.17 Å². The molecule has 0 amide bonds. The highest BCUT2D eigenvalue weighted by molar-refractivity contribution is 5.10. The summed E-state index contributed by atoms with van der Waals surface area (Å²) in [7, 11) is 0. The van der Waals surface area contributed by atoms with Crippen molar-refractivity contribution in [2.45, 2.75) is 30.4 Å². The van der Waals surface area contributed by atoms with Gasteiger partial charge in [0.1, 0.15) is 0 Å². The Morgan fingerprint density at radius 2 is 0.917 bits per heavy atom. The molecule has 1 aliphatic rings. The number of hydrogen-bond acceptors (Lipinski definition) is 0. The number of halogens is 7. The SMILES string of the molecule is FC1C(F)C(F)(F)C(F)(F)C1F. The highest BCUT2D eigenvalue weighted by Crippen LogP contribution is 2.51. The van der Waals surface area contributed by atoms with E-state index >= 15 is 0 Å². The third-order valence-corrected chi connectivity index (χ3v) is 1.70. The minimum absolute atomic E-state index is 3.46. The molecule has 12 heavy (non-hydrogen) atoms. The molecule has 0 aromatic rings. The molecule has 1 rings (SSSR count). The second-order valence-corrected chi connectivity index (χ2v) is 2.49. The van der Waals surface area contributed by atoms with Gasteiger partial charge in [0, 0.05) is 0 Å². The highest BCUT2D eigenvalue weighted by Gasteiger charge is 2.77. The van der Waals surface area contributed by atoms with Crippen molar-refractivity contribution in [1.29, 1.82) is 0 Å². The molecule has 7 heteroatoms. The van der Waals surface area contributed by atoms with Crippen LogP contribution in [0.25, 0.3) is 0 Å². The van der Waals surface area contributed by atoms with Gasteiger partial charge in [-0.25, -0.2) is 13.2 Å². The lowest BCUT2D eigenvalue weighted by molar-refractivity contribution is -0.223. The standard InChI is InChI=1S/C5H3F7/c6-1-2(7)4(9,10)5(11,12)3(1)8/h1-3H. The van der Waals surface area contributed by atoms with Gasteiger partial charge in [-0.2, -0.15) is 17.6 Å². The van der Waals surface area contributed by atoms with Crippen LogP contribution in [0, 0.1) is 0 Å². The van der Waals surface area contributed by atoms with Crippen LogP contribution in [0.5, 0.6) is 0 Å². The molecule has 0 spiro atoms. The topological polar surface area (TPSA) is 0 Å². The van der Waals surface area contributed by atoms with Gasteiger partial charge in [0.25, 0.3) is 0 Å². The Morgan fingerprint density at radius 3 is 1.00 bits per heavy atom. The molecule has 0 bridgehead atoms. The fraction of sp³-hybridized carbons (Fsp3) is 1.00. The molecule has 1 saturated carbocycles. The monoisotopic (exact) mass is 196 g/mol. The molecule has 1 aliphatic carbocycles. The van der Waals surface area contributed by atoms with Crippen LogP contribution >= 0.6 is 0 Å². The summed E-state index contributed by atoms with van der Waals surface area (Å²) in [5.41, 5.74) is 0. The molecular formula is C5H3F7. The van der Waals surface area contributed by atoms with Gasteiger partial charge in [-0.3, -0.25) is 0 Å². The second kappa shape index (κ2) is 2.26. The van der Waals surface area contributed by atoms with Gasteiger partial charge in [0.05, 0.1) is 0 Å². The molecule has 0 nitrogen and oxygen atoms in total. The first-order chi connectivity index (χ1) is 5.23. The van der Waals surface area contributed by atoms with Crippen LogP contribution < -0.4 is 0 Å². The van der Waals surface area contributed by atoms with Crippen molar-refractivity contribution in [2.75, 3.05) is 0 Å². The number of hydrogen-bond donors (Lipinski definition) is 0. The zero-order valence-corrected chi connectivity index (χ0v) is 5.38. The lowest BCUT2D eigenvalue weighted by Gasteiger charge is -2.19. The first-order valence-electron chi connectivity index (χ1n) is 2.90. The lowest BCUT2D eigenvalue weighted by atomic mass is 10.2. The molecule has 0 aromatic heterocycles. The average molecular weight is 196 g/mol. The third kappa shape index (κ3) is 0.847. The third-order valence-electron chi connectivity index (χ3n) is 1.70. The van der Waals surface area contributed by atoms with E-state index in [0.717, 1.165) is 0 Å². The molecule has 1 fully saturated rings. The molecule has 0 saturated heterocycles. The summed E-state index contributed by atoms with van der Waals surface area (Å²) in [5, 5.41) is 0. The molecule has 0 aromatic carbocycles. The molecule has 0 radical (unpaired) electrons. The van der Waals surface area contributed by atoms with Crippen molar-refractivity contribution in [1.82, 2.24) is 0 Å². The minimum Gasteiger partial charge on any atom is -0.241 e. The highest BCUT2D eigenvalue weighted by atomic mass is 19.3. The van der Waals surface area contributed by atoms with Crippen LogP contribution in [0.15, 0.2) is 0 Å². The Kier molecular flexibility index (Phi) is 1.81. The molecule has 0 aliphatic heterocycles. The Bertz CT molecular complexity index is 168. The lowest BCUT2D eigenvalue weighted by Crippen LogP contribution is -2.44. The normalized spacial score (nSPS) is 44.8. The van der Waals surface area contributed by atoms with Crippen LogP contribution in [0.4, 0.5) is 30.7 Å². The van der Waals surface area contributed by atoms with E-state index in [-0.39, 0.29) is 0 Å². The van der Waals surface area contributed by atoms with E-state index in [1.165, 1.54) is 0 Å². The number of rotatable bonds is 0. The van der Waals surface area contributed by atoms with E-state index in [1.54, 1.807) is 0 Å². The second-order valence-electron chi connectivity index (χ2n) is 2.49. The first kappa shape index (κ1) is 9.60. The zero-order chi connectivity index (χ0) is 9.73. The minimum atomic E-state index is -5.26. The largest absolute Gasteiger partial charge is 0.346 e. The van der Waals surface area contributed by atoms with Crippen molar-refractivity contribution in [3.63, 3.8) is 0 Å². The Hall–Kier alpha value is -0.490. The molecule has 2 atom stereocenters. The molecule has 72 valence electrons. The van der Waals surface area contributed by atoms with E-state index in [9.17, 15) is 30.7 Å². The Balaban J connectivity index is 3.06. The fourth-order valence-electron chi connectivity index (χ4n) is 0.916. The van der Waals surface area contributed by atoms with Crippen molar-refractivity contribution in [3.05, 3.63) is 0 Å². The summed E-state index contributed by atoms with van der Waals surface area (Å²) in [5.74, 6) is -10.5. The van der Waals surface area contributed by atoms with Gasteiger partial charge in [0.2, 0.25) is 12.3 Å². The van der Waals surface area contributed by atoms with Crippen LogP contribution in [0.3, 0.4) is 0 Å². The predicted molar refractivity (Wildman–Crippen MR) is 24.6 cm³/mol. The number of alkyl halides is 7. The van der Waals surface area contributed by atoms with Crippen molar-refractivity contribution < 1.29 is 30.7 Å². The average Bonchev–Trinajstić information content (AvgIpc) is 2.05. The Morgan fingerprint density at radius 1 is 0.667 bits per heavy atom. The van der Waals surface area contributed by atoms with Gasteiger partial charge < -0.3 is 0 Å². The first-order valence-corrected chi connectivity index (χ1v) is 2.90. The van der Waals surface area contributed by atoms with E-state index < -0.39 is 30.4 Å². The summed E-state index contributed by atoms with van der Waals surface area (Å²) in [4.78, 5) is 0. The molecular weight excluding hydrogens is 193 g/mol. The maximum atomic E-state index is 12.0. The summed E-state index contributed by atoms with van der Waals surface area (Å²) in [6.45, 7) is 0. The van der Waals surface area contributed by atoms with Crippen LogP contribution in [0.2, 0.25) is 0 Å². The van der Waals surface area contributed by atoms with Crippen molar-refractivity contribution in [3.8, 4) is 0 Å². The van der Waals surface area contributed by atoms with Crippen molar-refractivity contribution in [2.24, 2.45) is 0 Å². The summed E-state index contributed by atoms with van der Waals surface area (Å²) in [6, 6.07) is 0.